The summed E-state index contributed by atoms with van der Waals surface area (Å²) in [6, 6.07) is 20.0. The largest absolute Gasteiger partial charge is 0.497 e. The monoisotopic (exact) mass is 455 g/mol. The first-order chi connectivity index (χ1) is 16.7. The molecule has 5 rings (SSSR count). The molecule has 0 atom stereocenters. The van der Waals surface area contributed by atoms with Gasteiger partial charge in [0.25, 0.3) is 5.91 Å². The minimum Gasteiger partial charge on any atom is -0.497 e. The number of ether oxygens (including phenoxy) is 4. The molecule has 1 aliphatic rings. The molecule has 3 aromatic carbocycles. The van der Waals surface area contributed by atoms with Crippen LogP contribution in [0, 0.1) is 0 Å². The number of hydrogen-bond donors (Lipinski definition) is 1. The van der Waals surface area contributed by atoms with E-state index in [2.05, 4.69) is 15.3 Å². The molecule has 0 saturated carbocycles. The number of benzene rings is 3. The lowest BCUT2D eigenvalue weighted by Crippen LogP contribution is -2.16. The van der Waals surface area contributed by atoms with Crippen molar-refractivity contribution in [2.24, 2.45) is 0 Å². The van der Waals surface area contributed by atoms with E-state index in [4.69, 9.17) is 18.9 Å². The minimum absolute atomic E-state index is 0.221. The lowest BCUT2D eigenvalue weighted by Gasteiger charge is -2.19. The molecule has 1 aromatic heterocycles. The molecule has 0 unspecified atom stereocenters. The molecule has 0 saturated heterocycles. The number of fused-ring (bicyclic) bond motifs is 1. The number of hydrogen-bond acceptors (Lipinski definition) is 7. The fourth-order valence-corrected chi connectivity index (χ4v) is 3.43. The van der Waals surface area contributed by atoms with Crippen LogP contribution < -0.4 is 24.3 Å². The van der Waals surface area contributed by atoms with Crippen LogP contribution in [-0.2, 0) is 0 Å². The number of anilines is 1. The Kier molecular flexibility index (Phi) is 5.94. The lowest BCUT2D eigenvalue weighted by molar-refractivity contribution is 0.102. The zero-order valence-electron chi connectivity index (χ0n) is 18.4. The maximum absolute atomic E-state index is 12.7. The Morgan fingerprint density at radius 2 is 1.59 bits per heavy atom. The van der Waals surface area contributed by atoms with Gasteiger partial charge in [0.05, 0.1) is 7.11 Å². The molecule has 0 bridgehead atoms. The van der Waals surface area contributed by atoms with Crippen LogP contribution in [0.25, 0.3) is 11.1 Å². The van der Waals surface area contributed by atoms with Crippen LogP contribution in [0.4, 0.5) is 5.69 Å². The highest BCUT2D eigenvalue weighted by molar-refractivity contribution is 6.04. The van der Waals surface area contributed by atoms with E-state index in [0.29, 0.717) is 47.5 Å². The van der Waals surface area contributed by atoms with Gasteiger partial charge < -0.3 is 24.3 Å². The second-order valence-electron chi connectivity index (χ2n) is 7.43. The third kappa shape index (κ3) is 4.75. The van der Waals surface area contributed by atoms with Crippen molar-refractivity contribution in [2.45, 2.75) is 0 Å². The molecule has 1 N–H and O–H groups in total. The van der Waals surface area contributed by atoms with E-state index in [1.165, 1.54) is 0 Å². The highest BCUT2D eigenvalue weighted by Crippen LogP contribution is 2.33. The maximum atomic E-state index is 12.7. The van der Waals surface area contributed by atoms with E-state index in [-0.39, 0.29) is 11.9 Å². The highest BCUT2D eigenvalue weighted by atomic mass is 16.6. The summed E-state index contributed by atoms with van der Waals surface area (Å²) < 4.78 is 21.9. The standard InChI is InChI=1S/C26H21N3O5/c1-31-21-3-2-4-22(14-21)34-26-27-15-19(16-28-26)17-5-7-18(8-6-17)25(30)29-20-9-10-23-24(13-20)33-12-11-32-23/h2-10,13-16H,11-12H2,1H3,(H,29,30). The van der Waals surface area contributed by atoms with E-state index in [9.17, 15) is 4.79 Å². The molecule has 1 amide bonds. The Morgan fingerprint density at radius 3 is 2.35 bits per heavy atom. The van der Waals surface area contributed by atoms with Crippen molar-refractivity contribution in [2.75, 3.05) is 25.6 Å². The summed E-state index contributed by atoms with van der Waals surface area (Å²) in [5.74, 6) is 2.35. The molecular formula is C26H21N3O5. The van der Waals surface area contributed by atoms with E-state index >= 15 is 0 Å². The van der Waals surface area contributed by atoms with Crippen molar-refractivity contribution in [1.82, 2.24) is 9.97 Å². The van der Waals surface area contributed by atoms with Gasteiger partial charge in [-0.25, -0.2) is 9.97 Å². The van der Waals surface area contributed by atoms with Gasteiger partial charge in [-0.1, -0.05) is 18.2 Å². The van der Waals surface area contributed by atoms with Crippen molar-refractivity contribution < 1.29 is 23.7 Å². The van der Waals surface area contributed by atoms with Gasteiger partial charge in [0.1, 0.15) is 24.7 Å². The molecule has 4 aromatic rings. The molecule has 0 aliphatic carbocycles. The Balaban J connectivity index is 1.24. The van der Waals surface area contributed by atoms with E-state index in [0.717, 1.165) is 11.1 Å². The first-order valence-electron chi connectivity index (χ1n) is 10.6. The smallest absolute Gasteiger partial charge is 0.321 e. The molecule has 8 nitrogen and oxygen atoms in total. The number of carbonyl (C=O) groups is 1. The summed E-state index contributed by atoms with van der Waals surface area (Å²) in [6.45, 7) is 1.01. The van der Waals surface area contributed by atoms with Crippen LogP contribution in [0.1, 0.15) is 10.4 Å². The third-order valence-corrected chi connectivity index (χ3v) is 5.16. The van der Waals surface area contributed by atoms with Crippen molar-refractivity contribution in [1.29, 1.82) is 0 Å². The number of rotatable bonds is 6. The number of nitrogens with zero attached hydrogens (tertiary/aromatic N) is 2. The maximum Gasteiger partial charge on any atom is 0.321 e. The van der Waals surface area contributed by atoms with Gasteiger partial charge in [0, 0.05) is 41.3 Å². The topological polar surface area (TPSA) is 91.8 Å². The molecule has 170 valence electrons. The van der Waals surface area contributed by atoms with Gasteiger partial charge in [-0.05, 0) is 42.0 Å². The van der Waals surface area contributed by atoms with Gasteiger partial charge in [0.15, 0.2) is 11.5 Å². The summed E-state index contributed by atoms with van der Waals surface area (Å²) in [4.78, 5) is 21.2. The minimum atomic E-state index is -0.221. The molecule has 34 heavy (non-hydrogen) atoms. The number of carbonyl (C=O) groups excluding carboxylic acids is 1. The Hall–Kier alpha value is -4.59. The van der Waals surface area contributed by atoms with E-state index < -0.39 is 0 Å². The highest BCUT2D eigenvalue weighted by Gasteiger charge is 2.14. The summed E-state index contributed by atoms with van der Waals surface area (Å²) in [7, 11) is 1.59. The zero-order chi connectivity index (χ0) is 23.3. The fourth-order valence-electron chi connectivity index (χ4n) is 3.43. The van der Waals surface area contributed by atoms with Crippen LogP contribution in [0.3, 0.4) is 0 Å². The van der Waals surface area contributed by atoms with Crippen LogP contribution >= 0.6 is 0 Å². The molecule has 8 heteroatoms. The van der Waals surface area contributed by atoms with Gasteiger partial charge in [-0.3, -0.25) is 4.79 Å². The molecule has 0 fully saturated rings. The average Bonchev–Trinajstić information content (AvgIpc) is 2.89. The molecule has 0 radical (unpaired) electrons. The summed E-state index contributed by atoms with van der Waals surface area (Å²) in [5, 5.41) is 2.88. The molecule has 2 heterocycles. The first-order valence-corrected chi connectivity index (χ1v) is 10.6. The van der Waals surface area contributed by atoms with E-state index in [1.54, 1.807) is 62.0 Å². The van der Waals surface area contributed by atoms with Gasteiger partial charge in [0.2, 0.25) is 0 Å². The summed E-state index contributed by atoms with van der Waals surface area (Å²) in [6.07, 6.45) is 3.35. The number of amides is 1. The molecule has 1 aliphatic heterocycles. The number of methoxy groups -OCH3 is 1. The SMILES string of the molecule is COc1cccc(Oc2ncc(-c3ccc(C(=O)Nc4ccc5c(c4)OCCO5)cc3)cn2)c1. The Morgan fingerprint density at radius 1 is 0.853 bits per heavy atom. The summed E-state index contributed by atoms with van der Waals surface area (Å²) >= 11 is 0. The first kappa shape index (κ1) is 21.3. The second-order valence-corrected chi connectivity index (χ2v) is 7.43. The number of nitrogens with one attached hydrogen (secondary N) is 1. The molecular weight excluding hydrogens is 434 g/mol. The predicted molar refractivity (Wildman–Crippen MR) is 126 cm³/mol. The lowest BCUT2D eigenvalue weighted by atomic mass is 10.1. The second kappa shape index (κ2) is 9.50. The Bertz CT molecular complexity index is 1310. The fraction of sp³-hybridized carbons (Fsp3) is 0.115. The molecule has 0 spiro atoms. The zero-order valence-corrected chi connectivity index (χ0v) is 18.4. The van der Waals surface area contributed by atoms with Crippen LogP contribution in [0.5, 0.6) is 29.0 Å². The predicted octanol–water partition coefficient (Wildman–Crippen LogP) is 4.97. The van der Waals surface area contributed by atoms with Crippen molar-refractivity contribution >= 4 is 11.6 Å². The summed E-state index contributed by atoms with van der Waals surface area (Å²) in [5.41, 5.74) is 2.84. The van der Waals surface area contributed by atoms with Crippen molar-refractivity contribution in [3.8, 4) is 40.1 Å². The van der Waals surface area contributed by atoms with E-state index in [1.807, 2.05) is 24.3 Å². The van der Waals surface area contributed by atoms with Crippen LogP contribution in [0.2, 0.25) is 0 Å². The number of aromatic nitrogens is 2. The average molecular weight is 455 g/mol. The van der Waals surface area contributed by atoms with Gasteiger partial charge in [-0.2, -0.15) is 0 Å². The van der Waals surface area contributed by atoms with Crippen molar-refractivity contribution in [3.05, 3.63) is 84.7 Å². The van der Waals surface area contributed by atoms with Gasteiger partial charge >= 0.3 is 6.01 Å². The Labute approximate surface area is 196 Å². The van der Waals surface area contributed by atoms with Gasteiger partial charge in [-0.15, -0.1) is 0 Å². The van der Waals surface area contributed by atoms with Crippen molar-refractivity contribution in [3.63, 3.8) is 0 Å². The van der Waals surface area contributed by atoms with Crippen LogP contribution in [0.15, 0.2) is 79.1 Å². The quantitative estimate of drug-likeness (QED) is 0.439. The van der Waals surface area contributed by atoms with Crippen LogP contribution in [-0.4, -0.2) is 36.2 Å². The third-order valence-electron chi connectivity index (χ3n) is 5.16. The normalized spacial score (nSPS) is 12.0.